The van der Waals surface area contributed by atoms with Crippen molar-refractivity contribution < 1.29 is 14.7 Å². The first-order valence-electron chi connectivity index (χ1n) is 7.35. The van der Waals surface area contributed by atoms with Crippen LogP contribution in [0.15, 0.2) is 42.5 Å². The molecule has 0 aliphatic carbocycles. The predicted molar refractivity (Wildman–Crippen MR) is 97.4 cm³/mol. The summed E-state index contributed by atoms with van der Waals surface area (Å²) in [5.74, 6) is -1.16. The van der Waals surface area contributed by atoms with Crippen molar-refractivity contribution in [3.8, 4) is 0 Å². The molecule has 2 aromatic carbocycles. The molecule has 0 heterocycles. The normalized spacial score (nSPS) is 10.1. The molecule has 0 bridgehead atoms. The van der Waals surface area contributed by atoms with Crippen molar-refractivity contribution in [3.63, 3.8) is 0 Å². The van der Waals surface area contributed by atoms with Gasteiger partial charge in [-0.3, -0.25) is 14.9 Å². The first-order chi connectivity index (χ1) is 11.3. The Morgan fingerprint density at radius 1 is 1.04 bits per heavy atom. The van der Waals surface area contributed by atoms with E-state index in [-0.39, 0.29) is 17.4 Å². The predicted octanol–water partition coefficient (Wildman–Crippen LogP) is 3.06. The topological polar surface area (TPSA) is 78.4 Å². The van der Waals surface area contributed by atoms with E-state index in [9.17, 15) is 9.59 Å². The largest absolute Gasteiger partial charge is 0.481 e. The second-order valence-electron chi connectivity index (χ2n) is 5.55. The summed E-state index contributed by atoms with van der Waals surface area (Å²) >= 11 is 5.14. The average Bonchev–Trinajstić information content (AvgIpc) is 2.47. The minimum absolute atomic E-state index is 0.0336. The van der Waals surface area contributed by atoms with Gasteiger partial charge in [-0.2, -0.15) is 0 Å². The molecule has 0 fully saturated rings. The van der Waals surface area contributed by atoms with E-state index in [2.05, 4.69) is 10.6 Å². The minimum atomic E-state index is -0.882. The lowest BCUT2D eigenvalue weighted by Crippen LogP contribution is -2.34. The summed E-state index contributed by atoms with van der Waals surface area (Å²) < 4.78 is 0. The molecule has 0 aliphatic heterocycles. The molecule has 1 amide bonds. The number of anilines is 1. The lowest BCUT2D eigenvalue weighted by atomic mass is 10.1. The minimum Gasteiger partial charge on any atom is -0.481 e. The van der Waals surface area contributed by atoms with E-state index >= 15 is 0 Å². The number of benzene rings is 2. The van der Waals surface area contributed by atoms with Crippen LogP contribution in [-0.4, -0.2) is 22.1 Å². The van der Waals surface area contributed by atoms with Crippen LogP contribution in [0.2, 0.25) is 0 Å². The van der Waals surface area contributed by atoms with Crippen molar-refractivity contribution in [1.29, 1.82) is 0 Å². The molecule has 2 aromatic rings. The Balaban J connectivity index is 1.97. The van der Waals surface area contributed by atoms with Crippen LogP contribution in [0.25, 0.3) is 0 Å². The molecule has 0 unspecified atom stereocenters. The van der Waals surface area contributed by atoms with Gasteiger partial charge in [-0.15, -0.1) is 0 Å². The highest BCUT2D eigenvalue weighted by molar-refractivity contribution is 7.80. The Bertz CT molecular complexity index is 765. The number of rotatable bonds is 4. The van der Waals surface area contributed by atoms with Gasteiger partial charge in [-0.25, -0.2) is 0 Å². The SMILES string of the molecule is Cc1cc(C)cc(C(=O)NC(=S)Nc2ccc(CC(=O)O)cc2)c1. The number of carbonyl (C=O) groups is 2. The second-order valence-corrected chi connectivity index (χ2v) is 5.96. The smallest absolute Gasteiger partial charge is 0.307 e. The summed E-state index contributed by atoms with van der Waals surface area (Å²) in [5.41, 5.74) is 3.93. The number of nitrogens with one attached hydrogen (secondary N) is 2. The highest BCUT2D eigenvalue weighted by Crippen LogP contribution is 2.11. The molecule has 5 nitrogen and oxygen atoms in total. The standard InChI is InChI=1S/C18H18N2O3S/c1-11-7-12(2)9-14(8-11)17(23)20-18(24)19-15-5-3-13(4-6-15)10-16(21)22/h3-9H,10H2,1-2H3,(H,21,22)(H2,19,20,23,24). The Hall–Kier alpha value is -2.73. The van der Waals surface area contributed by atoms with Crippen LogP contribution in [0.5, 0.6) is 0 Å². The fraction of sp³-hybridized carbons (Fsp3) is 0.167. The zero-order valence-corrected chi connectivity index (χ0v) is 14.2. The van der Waals surface area contributed by atoms with Crippen LogP contribution < -0.4 is 10.6 Å². The zero-order chi connectivity index (χ0) is 17.7. The highest BCUT2D eigenvalue weighted by Gasteiger charge is 2.09. The number of carboxylic acid groups (broad SMARTS) is 1. The molecule has 124 valence electrons. The Kier molecular flexibility index (Phi) is 5.65. The van der Waals surface area contributed by atoms with Crippen molar-refractivity contribution >= 4 is 34.9 Å². The fourth-order valence-corrected chi connectivity index (χ4v) is 2.53. The lowest BCUT2D eigenvalue weighted by Gasteiger charge is -2.11. The van der Waals surface area contributed by atoms with E-state index in [1.807, 2.05) is 19.9 Å². The zero-order valence-electron chi connectivity index (χ0n) is 13.4. The number of hydrogen-bond donors (Lipinski definition) is 3. The number of thiocarbonyl (C=S) groups is 1. The van der Waals surface area contributed by atoms with Gasteiger partial charge in [0.25, 0.3) is 5.91 Å². The summed E-state index contributed by atoms with van der Waals surface area (Å²) in [5, 5.41) is 14.5. The van der Waals surface area contributed by atoms with Gasteiger partial charge in [0.15, 0.2) is 5.11 Å². The van der Waals surface area contributed by atoms with E-state index < -0.39 is 5.97 Å². The maximum atomic E-state index is 12.2. The van der Waals surface area contributed by atoms with Crippen LogP contribution in [0.1, 0.15) is 27.0 Å². The fourth-order valence-electron chi connectivity index (χ4n) is 2.32. The van der Waals surface area contributed by atoms with Gasteiger partial charge >= 0.3 is 5.97 Å². The molecular weight excluding hydrogens is 324 g/mol. The molecule has 24 heavy (non-hydrogen) atoms. The molecule has 0 atom stereocenters. The maximum absolute atomic E-state index is 12.2. The van der Waals surface area contributed by atoms with E-state index in [0.717, 1.165) is 11.1 Å². The van der Waals surface area contributed by atoms with Gasteiger partial charge in [0.2, 0.25) is 0 Å². The van der Waals surface area contributed by atoms with Crippen LogP contribution in [-0.2, 0) is 11.2 Å². The van der Waals surface area contributed by atoms with Gasteiger partial charge in [-0.1, -0.05) is 29.3 Å². The Labute approximate surface area is 145 Å². The van der Waals surface area contributed by atoms with E-state index in [1.165, 1.54) is 0 Å². The van der Waals surface area contributed by atoms with E-state index in [0.29, 0.717) is 16.8 Å². The van der Waals surface area contributed by atoms with Gasteiger partial charge < -0.3 is 10.4 Å². The van der Waals surface area contributed by atoms with Crippen molar-refractivity contribution in [2.45, 2.75) is 20.3 Å². The van der Waals surface area contributed by atoms with Crippen molar-refractivity contribution in [2.24, 2.45) is 0 Å². The van der Waals surface area contributed by atoms with Gasteiger partial charge in [0.1, 0.15) is 0 Å². The number of aliphatic carboxylic acids is 1. The molecule has 0 saturated carbocycles. The molecule has 0 radical (unpaired) electrons. The van der Waals surface area contributed by atoms with E-state index in [1.54, 1.807) is 36.4 Å². The molecule has 0 saturated heterocycles. The summed E-state index contributed by atoms with van der Waals surface area (Å²) in [4.78, 5) is 22.9. The number of carbonyl (C=O) groups excluding carboxylic acids is 1. The molecule has 6 heteroatoms. The molecule has 0 spiro atoms. The average molecular weight is 342 g/mol. The molecular formula is C18H18N2O3S. The van der Waals surface area contributed by atoms with Gasteiger partial charge in [0, 0.05) is 11.3 Å². The monoisotopic (exact) mass is 342 g/mol. The third kappa shape index (κ3) is 5.17. The van der Waals surface area contributed by atoms with Crippen LogP contribution in [0.3, 0.4) is 0 Å². The Morgan fingerprint density at radius 3 is 2.17 bits per heavy atom. The third-order valence-electron chi connectivity index (χ3n) is 3.28. The summed E-state index contributed by atoms with van der Waals surface area (Å²) in [6.07, 6.45) is -0.0336. The molecule has 0 aromatic heterocycles. The molecule has 2 rings (SSSR count). The van der Waals surface area contributed by atoms with Gasteiger partial charge in [0.05, 0.1) is 6.42 Å². The summed E-state index contributed by atoms with van der Waals surface area (Å²) in [6, 6.07) is 12.4. The first-order valence-corrected chi connectivity index (χ1v) is 7.75. The highest BCUT2D eigenvalue weighted by atomic mass is 32.1. The van der Waals surface area contributed by atoms with E-state index in [4.69, 9.17) is 17.3 Å². The number of amides is 1. The Morgan fingerprint density at radius 2 is 1.62 bits per heavy atom. The lowest BCUT2D eigenvalue weighted by molar-refractivity contribution is -0.136. The quantitative estimate of drug-likeness (QED) is 0.744. The summed E-state index contributed by atoms with van der Waals surface area (Å²) in [7, 11) is 0. The first kappa shape index (κ1) is 17.6. The number of hydrogen-bond acceptors (Lipinski definition) is 3. The van der Waals surface area contributed by atoms with Crippen molar-refractivity contribution in [3.05, 3.63) is 64.7 Å². The maximum Gasteiger partial charge on any atom is 0.307 e. The molecule has 0 aliphatic rings. The van der Waals surface area contributed by atoms with Crippen LogP contribution in [0.4, 0.5) is 5.69 Å². The van der Waals surface area contributed by atoms with Gasteiger partial charge in [-0.05, 0) is 55.9 Å². The van der Waals surface area contributed by atoms with Crippen molar-refractivity contribution in [1.82, 2.24) is 5.32 Å². The van der Waals surface area contributed by atoms with Crippen LogP contribution >= 0.6 is 12.2 Å². The number of carboxylic acids is 1. The van der Waals surface area contributed by atoms with Crippen LogP contribution in [0, 0.1) is 13.8 Å². The van der Waals surface area contributed by atoms with Crippen molar-refractivity contribution in [2.75, 3.05) is 5.32 Å². The number of aryl methyl sites for hydroxylation is 2. The second kappa shape index (κ2) is 7.70. The third-order valence-corrected chi connectivity index (χ3v) is 3.48. The molecule has 3 N–H and O–H groups in total. The summed E-state index contributed by atoms with van der Waals surface area (Å²) in [6.45, 7) is 3.86.